The summed E-state index contributed by atoms with van der Waals surface area (Å²) in [5, 5.41) is 0. The summed E-state index contributed by atoms with van der Waals surface area (Å²) in [5.41, 5.74) is 7.73. The van der Waals surface area contributed by atoms with E-state index in [1.807, 2.05) is 18.2 Å². The van der Waals surface area contributed by atoms with Crippen LogP contribution in [0.4, 0.5) is 5.69 Å². The van der Waals surface area contributed by atoms with Crippen LogP contribution < -0.4 is 0 Å². The minimum Gasteiger partial charge on any atom is -0.205 e. The number of aliphatic imine (C=N–C) groups is 1. The van der Waals surface area contributed by atoms with E-state index in [-0.39, 0.29) is 5.92 Å². The second kappa shape index (κ2) is 10.4. The largest absolute Gasteiger partial charge is 0.205 e. The second-order valence-electron chi connectivity index (χ2n) is 8.14. The molecule has 1 heteroatoms. The monoisotopic (exact) mass is 435 g/mol. The first kappa shape index (κ1) is 21.4. The van der Waals surface area contributed by atoms with Gasteiger partial charge < -0.3 is 0 Å². The van der Waals surface area contributed by atoms with Crippen LogP contribution in [-0.2, 0) is 0 Å². The van der Waals surface area contributed by atoms with Crippen LogP contribution in [0.1, 0.15) is 33.7 Å². The summed E-state index contributed by atoms with van der Waals surface area (Å²) >= 11 is 0. The van der Waals surface area contributed by atoms with Gasteiger partial charge in [0.05, 0.1) is 11.3 Å². The maximum absolute atomic E-state index is 4.94. The van der Waals surface area contributed by atoms with Gasteiger partial charge in [-0.2, -0.15) is 0 Å². The molecule has 0 aliphatic heterocycles. The average Bonchev–Trinajstić information content (AvgIpc) is 2.92. The number of hydrogen-bond donors (Lipinski definition) is 0. The molecule has 0 saturated heterocycles. The molecule has 162 valence electrons. The molecule has 0 spiro atoms. The van der Waals surface area contributed by atoms with Gasteiger partial charge in [0, 0.05) is 5.92 Å². The summed E-state index contributed by atoms with van der Waals surface area (Å²) in [7, 11) is 0. The molecule has 34 heavy (non-hydrogen) atoms. The van der Waals surface area contributed by atoms with Gasteiger partial charge in [-0.25, -0.2) is 4.99 Å². The molecule has 0 radical (unpaired) electrons. The molecule has 0 aliphatic carbocycles. The van der Waals surface area contributed by atoms with E-state index in [2.05, 4.69) is 133 Å². The Morgan fingerprint density at radius 1 is 0.471 bits per heavy atom. The minimum atomic E-state index is 0.0843. The quantitative estimate of drug-likeness (QED) is 0.188. The maximum atomic E-state index is 4.94. The van der Waals surface area contributed by atoms with E-state index in [1.165, 1.54) is 11.1 Å². The van der Waals surface area contributed by atoms with Gasteiger partial charge in [0.1, 0.15) is 0 Å². The van der Waals surface area contributed by atoms with Crippen LogP contribution in [0.15, 0.2) is 151 Å². The zero-order valence-corrected chi connectivity index (χ0v) is 18.9. The van der Waals surface area contributed by atoms with Crippen molar-refractivity contribution in [3.8, 4) is 0 Å². The first-order chi connectivity index (χ1) is 16.9. The molecular weight excluding hydrogens is 410 g/mol. The Kier molecular flexibility index (Phi) is 6.57. The molecule has 0 unspecified atom stereocenters. The van der Waals surface area contributed by atoms with E-state index in [0.717, 1.165) is 28.0 Å². The standard InChI is InChI=1S/C33H25N/c1-5-15-26(16-6-1)31(27-17-7-2-8-18-27)25-34-32-24-14-13-23-30(32)33(28-19-9-3-10-20-28)29-21-11-4-12-22-29/h1-24,33H. The highest BCUT2D eigenvalue weighted by Gasteiger charge is 2.19. The van der Waals surface area contributed by atoms with Crippen molar-refractivity contribution in [1.82, 2.24) is 0 Å². The lowest BCUT2D eigenvalue weighted by molar-refractivity contribution is 0.977. The number of rotatable bonds is 6. The molecule has 0 aliphatic rings. The fourth-order valence-corrected chi connectivity index (χ4v) is 4.30. The number of hydrogen-bond acceptors (Lipinski definition) is 1. The Balaban J connectivity index is 1.68. The first-order valence-electron chi connectivity index (χ1n) is 11.5. The summed E-state index contributed by atoms with van der Waals surface area (Å²) in [4.78, 5) is 4.94. The van der Waals surface area contributed by atoms with Crippen LogP contribution in [-0.4, -0.2) is 5.87 Å². The Hall–Kier alpha value is -4.45. The zero-order chi connectivity index (χ0) is 23.0. The molecule has 0 amide bonds. The zero-order valence-electron chi connectivity index (χ0n) is 18.9. The predicted molar refractivity (Wildman–Crippen MR) is 143 cm³/mol. The Labute approximate surface area is 201 Å². The van der Waals surface area contributed by atoms with Crippen molar-refractivity contribution >= 4 is 17.1 Å². The summed E-state index contributed by atoms with van der Waals surface area (Å²) in [6.07, 6.45) is 0. The number of para-hydroxylation sites is 1. The number of benzene rings is 5. The Morgan fingerprint density at radius 3 is 1.38 bits per heavy atom. The van der Waals surface area contributed by atoms with Crippen LogP contribution in [0.2, 0.25) is 0 Å². The van der Waals surface area contributed by atoms with Gasteiger partial charge in [-0.3, -0.25) is 0 Å². The molecule has 0 aromatic heterocycles. The lowest BCUT2D eigenvalue weighted by Crippen LogP contribution is -2.03. The smallest absolute Gasteiger partial charge is 0.0771 e. The summed E-state index contributed by atoms with van der Waals surface area (Å²) in [6.45, 7) is 0. The van der Waals surface area contributed by atoms with E-state index in [0.29, 0.717) is 0 Å². The molecule has 1 nitrogen and oxygen atoms in total. The fraction of sp³-hybridized carbons (Fsp3) is 0.0303. The van der Waals surface area contributed by atoms with Gasteiger partial charge in [0.2, 0.25) is 0 Å². The Morgan fingerprint density at radius 2 is 0.882 bits per heavy atom. The normalized spacial score (nSPS) is 10.5. The second-order valence-corrected chi connectivity index (χ2v) is 8.14. The van der Waals surface area contributed by atoms with E-state index in [9.17, 15) is 0 Å². The average molecular weight is 436 g/mol. The van der Waals surface area contributed by atoms with E-state index in [1.54, 1.807) is 0 Å². The van der Waals surface area contributed by atoms with Crippen molar-refractivity contribution in [2.45, 2.75) is 5.92 Å². The van der Waals surface area contributed by atoms with Gasteiger partial charge in [-0.1, -0.05) is 140 Å². The molecule has 0 fully saturated rings. The van der Waals surface area contributed by atoms with Gasteiger partial charge in [-0.05, 0) is 39.8 Å². The highest BCUT2D eigenvalue weighted by molar-refractivity contribution is 5.99. The van der Waals surface area contributed by atoms with E-state index >= 15 is 0 Å². The van der Waals surface area contributed by atoms with E-state index < -0.39 is 0 Å². The maximum Gasteiger partial charge on any atom is 0.0771 e. The van der Waals surface area contributed by atoms with Gasteiger partial charge in [-0.15, -0.1) is 0 Å². The molecule has 0 N–H and O–H groups in total. The van der Waals surface area contributed by atoms with Crippen molar-refractivity contribution in [3.63, 3.8) is 0 Å². The Bertz CT molecular complexity index is 1320. The van der Waals surface area contributed by atoms with Crippen LogP contribution in [0.25, 0.3) is 5.57 Å². The molecule has 0 heterocycles. The van der Waals surface area contributed by atoms with Gasteiger partial charge in [0.15, 0.2) is 0 Å². The van der Waals surface area contributed by atoms with Crippen molar-refractivity contribution < 1.29 is 0 Å². The van der Waals surface area contributed by atoms with Crippen molar-refractivity contribution in [3.05, 3.63) is 173 Å². The van der Waals surface area contributed by atoms with Crippen molar-refractivity contribution in [2.24, 2.45) is 4.99 Å². The molecule has 5 rings (SSSR count). The number of nitrogens with zero attached hydrogens (tertiary/aromatic N) is 1. The predicted octanol–water partition coefficient (Wildman–Crippen LogP) is 8.30. The SMILES string of the molecule is C(=Nc1ccccc1C(c1ccccc1)c1ccccc1)=C(c1ccccc1)c1ccccc1. The third-order valence-corrected chi connectivity index (χ3v) is 5.93. The summed E-state index contributed by atoms with van der Waals surface area (Å²) in [6, 6.07) is 50.3. The first-order valence-corrected chi connectivity index (χ1v) is 11.5. The fourth-order valence-electron chi connectivity index (χ4n) is 4.30. The highest BCUT2D eigenvalue weighted by atomic mass is 14.7. The molecule has 5 aromatic rings. The molecule has 0 atom stereocenters. The molecule has 0 bridgehead atoms. The van der Waals surface area contributed by atoms with Crippen LogP contribution in [0.3, 0.4) is 0 Å². The lowest BCUT2D eigenvalue weighted by atomic mass is 9.84. The third kappa shape index (κ3) is 4.81. The van der Waals surface area contributed by atoms with Crippen molar-refractivity contribution in [2.75, 3.05) is 0 Å². The third-order valence-electron chi connectivity index (χ3n) is 5.93. The topological polar surface area (TPSA) is 12.4 Å². The lowest BCUT2D eigenvalue weighted by Gasteiger charge is -2.20. The van der Waals surface area contributed by atoms with Crippen LogP contribution in [0, 0.1) is 0 Å². The summed E-state index contributed by atoms with van der Waals surface area (Å²) < 4.78 is 0. The molecule has 5 aromatic carbocycles. The highest BCUT2D eigenvalue weighted by Crippen LogP contribution is 2.37. The van der Waals surface area contributed by atoms with Crippen LogP contribution >= 0.6 is 0 Å². The minimum absolute atomic E-state index is 0.0843. The van der Waals surface area contributed by atoms with Crippen molar-refractivity contribution in [1.29, 1.82) is 0 Å². The van der Waals surface area contributed by atoms with Gasteiger partial charge >= 0.3 is 0 Å². The van der Waals surface area contributed by atoms with E-state index in [4.69, 9.17) is 4.99 Å². The summed E-state index contributed by atoms with van der Waals surface area (Å²) in [5.74, 6) is 3.49. The molecular formula is C33H25N. The van der Waals surface area contributed by atoms with Gasteiger partial charge in [0.25, 0.3) is 0 Å². The van der Waals surface area contributed by atoms with Crippen LogP contribution in [0.5, 0.6) is 0 Å². The molecule has 0 saturated carbocycles.